The van der Waals surface area contributed by atoms with Crippen LogP contribution in [-0.4, -0.2) is 13.0 Å². The average molecular weight is 602 g/mol. The molecular weight excluding hydrogens is 571 g/mol. The fourth-order valence-electron chi connectivity index (χ4n) is 8.42. The van der Waals surface area contributed by atoms with Crippen LogP contribution in [-0.2, 0) is 28.7 Å². The molecule has 3 nitrogen and oxygen atoms in total. The van der Waals surface area contributed by atoms with Gasteiger partial charge in [0.1, 0.15) is 0 Å². The van der Waals surface area contributed by atoms with Crippen molar-refractivity contribution in [2.24, 2.45) is 7.05 Å². The third kappa shape index (κ3) is 3.49. The molecule has 2 aliphatic rings. The molecule has 0 radical (unpaired) electrons. The molecule has 0 N–H and O–H groups in total. The van der Waals surface area contributed by atoms with Gasteiger partial charge in [0.2, 0.25) is 9.84 Å². The molecule has 6 aromatic carbocycles. The number of hydrogen-bond acceptors (Lipinski definition) is 2. The van der Waals surface area contributed by atoms with Crippen LogP contribution in [0, 0.1) is 0 Å². The zero-order chi connectivity index (χ0) is 30.3. The number of benzene rings is 6. The van der Waals surface area contributed by atoms with Crippen molar-refractivity contribution in [1.82, 2.24) is 4.57 Å². The lowest BCUT2D eigenvalue weighted by atomic mass is 9.57. The van der Waals surface area contributed by atoms with E-state index in [1.807, 2.05) is 36.4 Å². The van der Waals surface area contributed by atoms with Crippen LogP contribution in [0.3, 0.4) is 0 Å². The molecule has 1 aromatic heterocycles. The minimum Gasteiger partial charge on any atom is -0.344 e. The second-order valence-electron chi connectivity index (χ2n) is 12.4. The Morgan fingerprint density at radius 1 is 0.578 bits per heavy atom. The van der Waals surface area contributed by atoms with Crippen molar-refractivity contribution in [2.45, 2.75) is 34.0 Å². The van der Waals surface area contributed by atoms with Crippen molar-refractivity contribution in [3.05, 3.63) is 178 Å². The molecule has 2 heterocycles. The normalized spacial score (nSPS) is 19.2. The number of hydrogen-bond donors (Lipinski definition) is 0. The van der Waals surface area contributed by atoms with Crippen molar-refractivity contribution in [2.75, 3.05) is 0 Å². The van der Waals surface area contributed by atoms with Gasteiger partial charge in [0.25, 0.3) is 0 Å². The smallest absolute Gasteiger partial charge is 0.207 e. The van der Waals surface area contributed by atoms with E-state index in [0.717, 1.165) is 45.8 Å². The van der Waals surface area contributed by atoms with Gasteiger partial charge >= 0.3 is 0 Å². The van der Waals surface area contributed by atoms with Crippen LogP contribution >= 0.6 is 0 Å². The van der Waals surface area contributed by atoms with Gasteiger partial charge in [0.05, 0.1) is 15.2 Å². The van der Waals surface area contributed by atoms with Crippen molar-refractivity contribution >= 4 is 31.6 Å². The number of sulfone groups is 1. The molecular formula is C41H31NO2S. The van der Waals surface area contributed by atoms with Crippen molar-refractivity contribution in [3.8, 4) is 0 Å². The summed E-state index contributed by atoms with van der Waals surface area (Å²) in [5.41, 5.74) is 9.19. The summed E-state index contributed by atoms with van der Waals surface area (Å²) in [6.07, 6.45) is 1.92. The summed E-state index contributed by atoms with van der Waals surface area (Å²) in [6, 6.07) is 48.3. The summed E-state index contributed by atoms with van der Waals surface area (Å²) >= 11 is 0. The summed E-state index contributed by atoms with van der Waals surface area (Å²) in [7, 11) is -1.72. The molecule has 0 fully saturated rings. The van der Waals surface area contributed by atoms with Gasteiger partial charge in [-0.15, -0.1) is 0 Å². The van der Waals surface area contributed by atoms with Gasteiger partial charge in [-0.2, -0.15) is 0 Å². The van der Waals surface area contributed by atoms with Crippen molar-refractivity contribution in [1.29, 1.82) is 0 Å². The van der Waals surface area contributed by atoms with Crippen molar-refractivity contribution in [3.63, 3.8) is 0 Å². The molecule has 9 rings (SSSR count). The molecule has 45 heavy (non-hydrogen) atoms. The molecule has 7 aromatic rings. The summed E-state index contributed by atoms with van der Waals surface area (Å²) in [5.74, 6) is 0.179. The van der Waals surface area contributed by atoms with Crippen LogP contribution in [0.5, 0.6) is 0 Å². The lowest BCUT2D eigenvalue weighted by Gasteiger charge is -2.48. The number of aryl methyl sites for hydroxylation is 2. The Labute approximate surface area is 263 Å². The zero-order valence-electron chi connectivity index (χ0n) is 24.9. The van der Waals surface area contributed by atoms with E-state index in [0.29, 0.717) is 9.79 Å². The quantitative estimate of drug-likeness (QED) is 0.203. The highest BCUT2D eigenvalue weighted by Crippen LogP contribution is 2.60. The van der Waals surface area contributed by atoms with Crippen LogP contribution in [0.1, 0.15) is 51.3 Å². The molecule has 0 unspecified atom stereocenters. The molecule has 4 heteroatoms. The minimum absolute atomic E-state index is 0.179. The number of aromatic nitrogens is 1. The first-order chi connectivity index (χ1) is 22.0. The van der Waals surface area contributed by atoms with E-state index >= 15 is 0 Å². The highest BCUT2D eigenvalue weighted by atomic mass is 32.2. The first-order valence-electron chi connectivity index (χ1n) is 15.6. The first-order valence-corrected chi connectivity index (χ1v) is 17.1. The summed E-state index contributed by atoms with van der Waals surface area (Å²) < 4.78 is 31.5. The van der Waals surface area contributed by atoms with Gasteiger partial charge in [-0.1, -0.05) is 115 Å². The first kappa shape index (κ1) is 26.5. The minimum atomic E-state index is -3.80. The maximum atomic E-state index is 14.6. The van der Waals surface area contributed by atoms with Gasteiger partial charge < -0.3 is 4.57 Å². The largest absolute Gasteiger partial charge is 0.344 e. The SMILES string of the molecule is Cn1c2ccccc2c2cc3c(cc21)C1(c2ccccc2C(CCc2ccccc2)c2ccccc21)c1ccccc1S3(=O)=O. The van der Waals surface area contributed by atoms with Crippen LogP contribution < -0.4 is 0 Å². The Morgan fingerprint density at radius 3 is 1.91 bits per heavy atom. The van der Waals surface area contributed by atoms with E-state index in [2.05, 4.69) is 109 Å². The predicted molar refractivity (Wildman–Crippen MR) is 181 cm³/mol. The second-order valence-corrected chi connectivity index (χ2v) is 14.3. The average Bonchev–Trinajstić information content (AvgIpc) is 3.37. The molecule has 0 saturated heterocycles. The Bertz CT molecular complexity index is 2370. The van der Waals surface area contributed by atoms with Crippen molar-refractivity contribution < 1.29 is 8.42 Å². The van der Waals surface area contributed by atoms with Crippen LogP contribution in [0.4, 0.5) is 0 Å². The van der Waals surface area contributed by atoms with E-state index in [9.17, 15) is 8.42 Å². The maximum Gasteiger partial charge on any atom is 0.207 e. The summed E-state index contributed by atoms with van der Waals surface area (Å²) in [4.78, 5) is 0.793. The van der Waals surface area contributed by atoms with E-state index < -0.39 is 15.3 Å². The van der Waals surface area contributed by atoms with Gasteiger partial charge in [-0.05, 0) is 76.1 Å². The Morgan fingerprint density at radius 2 is 1.18 bits per heavy atom. The van der Waals surface area contributed by atoms with Crippen LogP contribution in [0.25, 0.3) is 21.8 Å². The fraction of sp³-hybridized carbons (Fsp3) is 0.122. The molecule has 0 bridgehead atoms. The second kappa shape index (κ2) is 9.53. The lowest BCUT2D eigenvalue weighted by Crippen LogP contribution is -2.42. The van der Waals surface area contributed by atoms with Gasteiger partial charge in [0.15, 0.2) is 0 Å². The summed E-state index contributed by atoms with van der Waals surface area (Å²) in [5, 5.41) is 2.02. The molecule has 1 aliphatic carbocycles. The molecule has 1 aliphatic heterocycles. The highest BCUT2D eigenvalue weighted by molar-refractivity contribution is 7.91. The fourth-order valence-corrected chi connectivity index (χ4v) is 10.2. The van der Waals surface area contributed by atoms with E-state index in [4.69, 9.17) is 0 Å². The topological polar surface area (TPSA) is 39.1 Å². The Hall–Kier alpha value is -4.93. The van der Waals surface area contributed by atoms with Crippen LogP contribution in [0.2, 0.25) is 0 Å². The Kier molecular flexibility index (Phi) is 5.61. The third-order valence-electron chi connectivity index (χ3n) is 10.3. The third-order valence-corrected chi connectivity index (χ3v) is 12.2. The Balaban J connectivity index is 1.41. The highest BCUT2D eigenvalue weighted by Gasteiger charge is 2.53. The number of fused-ring (bicyclic) bond motifs is 11. The van der Waals surface area contributed by atoms with E-state index in [1.54, 1.807) is 6.07 Å². The lowest BCUT2D eigenvalue weighted by molar-refractivity contribution is 0.565. The number of nitrogens with zero attached hydrogens (tertiary/aromatic N) is 1. The predicted octanol–water partition coefficient (Wildman–Crippen LogP) is 8.94. The van der Waals surface area contributed by atoms with Gasteiger partial charge in [-0.25, -0.2) is 8.42 Å². The molecule has 0 saturated carbocycles. The number of para-hydroxylation sites is 1. The molecule has 0 atom stereocenters. The van der Waals surface area contributed by atoms with Gasteiger partial charge in [-0.3, -0.25) is 0 Å². The summed E-state index contributed by atoms with van der Waals surface area (Å²) in [6.45, 7) is 0. The number of rotatable bonds is 3. The maximum absolute atomic E-state index is 14.6. The molecule has 1 spiro atoms. The molecule has 0 amide bonds. The zero-order valence-corrected chi connectivity index (χ0v) is 25.8. The van der Waals surface area contributed by atoms with E-state index in [-0.39, 0.29) is 5.92 Å². The monoisotopic (exact) mass is 601 g/mol. The molecule has 218 valence electrons. The van der Waals surface area contributed by atoms with Gasteiger partial charge in [0, 0.05) is 34.8 Å². The van der Waals surface area contributed by atoms with Crippen LogP contribution in [0.15, 0.2) is 149 Å². The standard InChI is InChI=1S/C41H31NO2S/c1-42-37-21-11-7-17-31(37)32-25-40-36(26-38(32)42)41(35-20-10-12-22-39(35)45(40,43)44)33-18-8-5-15-29(33)28(30-16-6-9-19-34(30)41)24-23-27-13-3-2-4-14-27/h2-22,25-26,28H,23-24H2,1H3. The van der Waals surface area contributed by atoms with E-state index in [1.165, 1.54) is 27.8 Å².